The fraction of sp³-hybridized carbons (Fsp3) is 0.190. The molecule has 2 heterocycles. The Morgan fingerprint density at radius 1 is 1.14 bits per heavy atom. The van der Waals surface area contributed by atoms with E-state index in [9.17, 15) is 4.79 Å². The molecule has 0 unspecified atom stereocenters. The summed E-state index contributed by atoms with van der Waals surface area (Å²) in [6.07, 6.45) is 2.85. The quantitative estimate of drug-likeness (QED) is 0.621. The maximum absolute atomic E-state index is 12.8. The number of carbonyl (C=O) groups excluding carboxylic acids is 1. The van der Waals surface area contributed by atoms with Gasteiger partial charge in [-0.15, -0.1) is 0 Å². The smallest absolute Gasteiger partial charge is 0.229 e. The predicted molar refractivity (Wildman–Crippen MR) is 113 cm³/mol. The van der Waals surface area contributed by atoms with Crippen LogP contribution in [0.1, 0.15) is 25.3 Å². The van der Waals surface area contributed by atoms with Crippen LogP contribution in [0.25, 0.3) is 0 Å². The summed E-state index contributed by atoms with van der Waals surface area (Å²) in [4.78, 5) is 23.4. The Hall–Kier alpha value is -3.12. The van der Waals surface area contributed by atoms with Gasteiger partial charge >= 0.3 is 0 Å². The molecular weight excluding hydrogens is 374 g/mol. The molecule has 0 aliphatic carbocycles. The minimum Gasteiger partial charge on any atom is -0.339 e. The van der Waals surface area contributed by atoms with Crippen LogP contribution in [0, 0.1) is 0 Å². The molecule has 2 aromatic carbocycles. The van der Waals surface area contributed by atoms with Crippen molar-refractivity contribution in [2.75, 3.05) is 15.5 Å². The van der Waals surface area contributed by atoms with Gasteiger partial charge in [0.25, 0.3) is 0 Å². The molecule has 0 atom stereocenters. The van der Waals surface area contributed by atoms with Crippen LogP contribution >= 0.6 is 11.6 Å². The first-order valence-electron chi connectivity index (χ1n) is 9.18. The molecule has 28 heavy (non-hydrogen) atoms. The zero-order valence-electron chi connectivity index (χ0n) is 15.4. The van der Waals surface area contributed by atoms with E-state index in [0.29, 0.717) is 29.8 Å². The summed E-state index contributed by atoms with van der Waals surface area (Å²) < 4.78 is 0. The van der Waals surface area contributed by atoms with Gasteiger partial charge in [-0.05, 0) is 42.3 Å². The zero-order valence-corrected chi connectivity index (χ0v) is 16.2. The standard InChI is InChI=1S/C21H20ClN5O/c1-2-5-19(28)27-13-14-6-3-7-15(10-14)25-21-23-12-18(22)20(26-21)24-16-8-4-9-17(27)11-16/h3-4,6-12H,2,5,13H2,1H3,(H2,23,24,25,26). The normalized spacial score (nSPS) is 12.7. The number of aromatic nitrogens is 2. The highest BCUT2D eigenvalue weighted by Crippen LogP contribution is 2.29. The summed E-state index contributed by atoms with van der Waals surface area (Å²) in [5.41, 5.74) is 3.48. The SMILES string of the molecule is CCCC(=O)N1Cc2cccc(c2)Nc2ncc(Cl)c(n2)Nc2cccc1c2. The number of fused-ring (bicyclic) bond motifs is 6. The largest absolute Gasteiger partial charge is 0.339 e. The van der Waals surface area contributed by atoms with E-state index in [1.807, 2.05) is 60.4 Å². The molecule has 1 aliphatic rings. The van der Waals surface area contributed by atoms with E-state index in [-0.39, 0.29) is 5.91 Å². The number of carbonyl (C=O) groups is 1. The molecule has 4 rings (SSSR count). The van der Waals surface area contributed by atoms with Gasteiger partial charge in [0, 0.05) is 23.5 Å². The van der Waals surface area contributed by atoms with Gasteiger partial charge < -0.3 is 15.5 Å². The summed E-state index contributed by atoms with van der Waals surface area (Å²) in [6.45, 7) is 2.49. The van der Waals surface area contributed by atoms with Crippen molar-refractivity contribution >= 4 is 46.3 Å². The van der Waals surface area contributed by atoms with Crippen LogP contribution in [0.5, 0.6) is 0 Å². The lowest BCUT2D eigenvalue weighted by Gasteiger charge is -2.24. The Kier molecular flexibility index (Phi) is 5.12. The third-order valence-electron chi connectivity index (χ3n) is 4.45. The lowest BCUT2D eigenvalue weighted by atomic mass is 10.1. The lowest BCUT2D eigenvalue weighted by molar-refractivity contribution is -0.118. The highest BCUT2D eigenvalue weighted by Gasteiger charge is 2.17. The molecule has 1 aliphatic heterocycles. The third-order valence-corrected chi connectivity index (χ3v) is 4.73. The minimum atomic E-state index is 0.0891. The monoisotopic (exact) mass is 393 g/mol. The molecule has 0 fully saturated rings. The van der Waals surface area contributed by atoms with Crippen LogP contribution in [0.15, 0.2) is 54.7 Å². The van der Waals surface area contributed by atoms with Crippen molar-refractivity contribution in [2.24, 2.45) is 0 Å². The van der Waals surface area contributed by atoms with E-state index in [0.717, 1.165) is 29.0 Å². The molecule has 6 bridgehead atoms. The molecule has 142 valence electrons. The molecular formula is C21H20ClN5O. The van der Waals surface area contributed by atoms with Crippen LogP contribution in [-0.2, 0) is 11.3 Å². The van der Waals surface area contributed by atoms with Gasteiger partial charge in [-0.1, -0.05) is 36.7 Å². The van der Waals surface area contributed by atoms with Crippen molar-refractivity contribution in [3.05, 3.63) is 65.3 Å². The summed E-state index contributed by atoms with van der Waals surface area (Å²) in [5, 5.41) is 6.85. The number of halogens is 1. The molecule has 2 N–H and O–H groups in total. The first-order chi connectivity index (χ1) is 13.6. The van der Waals surface area contributed by atoms with Crippen molar-refractivity contribution < 1.29 is 4.79 Å². The number of hydrogen-bond donors (Lipinski definition) is 2. The minimum absolute atomic E-state index is 0.0891. The second-order valence-corrected chi connectivity index (χ2v) is 7.03. The third kappa shape index (κ3) is 3.92. The van der Waals surface area contributed by atoms with Crippen LogP contribution in [0.3, 0.4) is 0 Å². The number of nitrogens with zero attached hydrogens (tertiary/aromatic N) is 3. The first kappa shape index (κ1) is 18.3. The van der Waals surface area contributed by atoms with Crippen molar-refractivity contribution in [1.82, 2.24) is 9.97 Å². The Morgan fingerprint density at radius 2 is 1.93 bits per heavy atom. The summed E-state index contributed by atoms with van der Waals surface area (Å²) in [7, 11) is 0. The molecule has 7 heteroatoms. The molecule has 0 spiro atoms. The number of hydrogen-bond acceptors (Lipinski definition) is 5. The fourth-order valence-electron chi connectivity index (χ4n) is 3.13. The van der Waals surface area contributed by atoms with Gasteiger partial charge in [-0.2, -0.15) is 4.98 Å². The second-order valence-electron chi connectivity index (χ2n) is 6.62. The summed E-state index contributed by atoms with van der Waals surface area (Å²) in [6, 6.07) is 15.6. The van der Waals surface area contributed by atoms with E-state index in [2.05, 4.69) is 20.6 Å². The summed E-state index contributed by atoms with van der Waals surface area (Å²) in [5.74, 6) is 1.03. The van der Waals surface area contributed by atoms with Crippen molar-refractivity contribution in [1.29, 1.82) is 0 Å². The number of benzene rings is 2. The van der Waals surface area contributed by atoms with Gasteiger partial charge in [0.2, 0.25) is 11.9 Å². The molecule has 1 amide bonds. The number of anilines is 5. The van der Waals surface area contributed by atoms with Crippen LogP contribution < -0.4 is 15.5 Å². The molecule has 6 nitrogen and oxygen atoms in total. The molecule has 0 saturated heterocycles. The van der Waals surface area contributed by atoms with Crippen molar-refractivity contribution in [3.8, 4) is 0 Å². The van der Waals surface area contributed by atoms with E-state index in [1.165, 1.54) is 0 Å². The molecule has 1 aromatic heterocycles. The van der Waals surface area contributed by atoms with Crippen LogP contribution in [-0.4, -0.2) is 15.9 Å². The van der Waals surface area contributed by atoms with Gasteiger partial charge in [0.15, 0.2) is 5.82 Å². The number of amides is 1. The number of nitrogens with one attached hydrogen (secondary N) is 2. The second kappa shape index (κ2) is 7.86. The van der Waals surface area contributed by atoms with Gasteiger partial charge in [0.05, 0.1) is 12.7 Å². The zero-order chi connectivity index (χ0) is 19.5. The topological polar surface area (TPSA) is 70.2 Å². The van der Waals surface area contributed by atoms with Gasteiger partial charge in [-0.25, -0.2) is 4.98 Å². The van der Waals surface area contributed by atoms with Crippen molar-refractivity contribution in [2.45, 2.75) is 26.3 Å². The van der Waals surface area contributed by atoms with E-state index in [1.54, 1.807) is 6.20 Å². The Labute approximate surface area is 168 Å². The average Bonchev–Trinajstić information content (AvgIpc) is 2.69. The maximum Gasteiger partial charge on any atom is 0.229 e. The van der Waals surface area contributed by atoms with Crippen LogP contribution in [0.2, 0.25) is 5.02 Å². The van der Waals surface area contributed by atoms with Crippen LogP contribution in [0.4, 0.5) is 28.8 Å². The highest BCUT2D eigenvalue weighted by molar-refractivity contribution is 6.32. The van der Waals surface area contributed by atoms with E-state index in [4.69, 9.17) is 11.6 Å². The molecule has 0 radical (unpaired) electrons. The first-order valence-corrected chi connectivity index (χ1v) is 9.56. The lowest BCUT2D eigenvalue weighted by Crippen LogP contribution is -2.30. The molecule has 3 aromatic rings. The average molecular weight is 394 g/mol. The van der Waals surface area contributed by atoms with Gasteiger partial charge in [-0.3, -0.25) is 4.79 Å². The maximum atomic E-state index is 12.8. The molecule has 0 saturated carbocycles. The Balaban J connectivity index is 1.84. The Bertz CT molecular complexity index is 1020. The van der Waals surface area contributed by atoms with Crippen molar-refractivity contribution in [3.63, 3.8) is 0 Å². The van der Waals surface area contributed by atoms with E-state index < -0.39 is 0 Å². The predicted octanol–water partition coefficient (Wildman–Crippen LogP) is 5.26. The summed E-state index contributed by atoms with van der Waals surface area (Å²) >= 11 is 6.27. The van der Waals surface area contributed by atoms with Gasteiger partial charge in [0.1, 0.15) is 5.02 Å². The fourth-order valence-corrected chi connectivity index (χ4v) is 3.27. The number of rotatable bonds is 2. The Morgan fingerprint density at radius 3 is 2.75 bits per heavy atom. The van der Waals surface area contributed by atoms with E-state index >= 15 is 0 Å². The highest BCUT2D eigenvalue weighted by atomic mass is 35.5.